The first-order valence-corrected chi connectivity index (χ1v) is 9.85. The maximum Gasteiger partial charge on any atom is 0.419 e. The molecule has 0 atom stereocenters. The molecule has 0 fully saturated rings. The number of rotatable bonds is 8. The first-order chi connectivity index (χ1) is 13.2. The SMILES string of the molecule is CSc1nc(C)c(CCC(=O)NCCNc2ncccc2C(F)(F)F)c(C)n1. The number of halogens is 3. The highest BCUT2D eigenvalue weighted by atomic mass is 32.2. The van der Waals surface area contributed by atoms with Gasteiger partial charge in [0.1, 0.15) is 5.82 Å². The van der Waals surface area contributed by atoms with Gasteiger partial charge in [-0.05, 0) is 44.2 Å². The fourth-order valence-electron chi connectivity index (χ4n) is 2.65. The van der Waals surface area contributed by atoms with Crippen molar-refractivity contribution in [3.63, 3.8) is 0 Å². The normalized spacial score (nSPS) is 11.4. The van der Waals surface area contributed by atoms with Gasteiger partial charge in [0.25, 0.3) is 0 Å². The summed E-state index contributed by atoms with van der Waals surface area (Å²) < 4.78 is 38.7. The van der Waals surface area contributed by atoms with Gasteiger partial charge in [0, 0.05) is 37.1 Å². The number of hydrogen-bond donors (Lipinski definition) is 2. The fraction of sp³-hybridized carbons (Fsp3) is 0.444. The molecule has 0 aliphatic heterocycles. The smallest absolute Gasteiger partial charge is 0.368 e. The van der Waals surface area contributed by atoms with Crippen LogP contribution in [-0.4, -0.2) is 40.2 Å². The average Bonchev–Trinajstić information content (AvgIpc) is 2.64. The first kappa shape index (κ1) is 21.9. The Morgan fingerprint density at radius 3 is 2.46 bits per heavy atom. The zero-order valence-corrected chi connectivity index (χ0v) is 16.7. The molecule has 0 saturated heterocycles. The van der Waals surface area contributed by atoms with Crippen LogP contribution in [0.25, 0.3) is 0 Å². The summed E-state index contributed by atoms with van der Waals surface area (Å²) in [4.78, 5) is 24.5. The van der Waals surface area contributed by atoms with Crippen LogP contribution in [-0.2, 0) is 17.4 Å². The number of nitrogens with zero attached hydrogens (tertiary/aromatic N) is 3. The number of hydrogen-bond acceptors (Lipinski definition) is 6. The number of thioether (sulfide) groups is 1. The van der Waals surface area contributed by atoms with Crippen LogP contribution in [0.3, 0.4) is 0 Å². The van der Waals surface area contributed by atoms with E-state index in [1.54, 1.807) is 0 Å². The van der Waals surface area contributed by atoms with Crippen molar-refractivity contribution in [2.24, 2.45) is 0 Å². The summed E-state index contributed by atoms with van der Waals surface area (Å²) in [7, 11) is 0. The second-order valence-corrected chi connectivity index (χ2v) is 6.81. The molecule has 10 heteroatoms. The number of pyridine rings is 1. The molecule has 0 unspecified atom stereocenters. The van der Waals surface area contributed by atoms with E-state index in [9.17, 15) is 18.0 Å². The van der Waals surface area contributed by atoms with Crippen molar-refractivity contribution < 1.29 is 18.0 Å². The Morgan fingerprint density at radius 1 is 1.18 bits per heavy atom. The van der Waals surface area contributed by atoms with E-state index in [4.69, 9.17) is 0 Å². The molecule has 2 aromatic heterocycles. The predicted molar refractivity (Wildman–Crippen MR) is 102 cm³/mol. The van der Waals surface area contributed by atoms with Gasteiger partial charge < -0.3 is 10.6 Å². The van der Waals surface area contributed by atoms with Gasteiger partial charge in [-0.1, -0.05) is 11.8 Å². The summed E-state index contributed by atoms with van der Waals surface area (Å²) in [6.07, 6.45) is -0.544. The van der Waals surface area contributed by atoms with Gasteiger partial charge in [0.2, 0.25) is 5.91 Å². The third kappa shape index (κ3) is 6.08. The quantitative estimate of drug-likeness (QED) is 0.392. The largest absolute Gasteiger partial charge is 0.419 e. The molecular weight excluding hydrogens is 391 g/mol. The van der Waals surface area contributed by atoms with Gasteiger partial charge in [-0.25, -0.2) is 15.0 Å². The van der Waals surface area contributed by atoms with E-state index >= 15 is 0 Å². The Hall–Kier alpha value is -2.36. The molecule has 28 heavy (non-hydrogen) atoms. The lowest BCUT2D eigenvalue weighted by Crippen LogP contribution is -2.29. The molecule has 0 radical (unpaired) electrons. The minimum Gasteiger partial charge on any atom is -0.368 e. The summed E-state index contributed by atoms with van der Waals surface area (Å²) in [5, 5.41) is 6.00. The van der Waals surface area contributed by atoms with E-state index in [1.807, 2.05) is 20.1 Å². The molecule has 0 aliphatic carbocycles. The standard InChI is InChI=1S/C18H22F3N5OS/c1-11-13(12(2)26-17(25-11)28-3)6-7-15(27)22-9-10-24-16-14(18(19,20)21)5-4-8-23-16/h4-5,8H,6-7,9-10H2,1-3H3,(H,22,27)(H,23,24). The molecular formula is C18H22F3N5OS. The highest BCUT2D eigenvalue weighted by Gasteiger charge is 2.33. The molecule has 0 spiro atoms. The number of anilines is 1. The lowest BCUT2D eigenvalue weighted by Gasteiger charge is -2.13. The summed E-state index contributed by atoms with van der Waals surface area (Å²) in [6, 6.07) is 2.19. The second-order valence-electron chi connectivity index (χ2n) is 6.03. The van der Waals surface area contributed by atoms with Crippen LogP contribution >= 0.6 is 11.8 Å². The number of carbonyl (C=O) groups is 1. The van der Waals surface area contributed by atoms with Crippen molar-refractivity contribution in [2.75, 3.05) is 24.7 Å². The molecule has 0 aromatic carbocycles. The molecule has 0 aliphatic rings. The number of carbonyl (C=O) groups excluding carboxylic acids is 1. The summed E-state index contributed by atoms with van der Waals surface area (Å²) >= 11 is 1.46. The van der Waals surface area contributed by atoms with Crippen molar-refractivity contribution in [3.05, 3.63) is 40.8 Å². The Morgan fingerprint density at radius 2 is 1.86 bits per heavy atom. The van der Waals surface area contributed by atoms with Gasteiger partial charge in [-0.15, -0.1) is 0 Å². The molecule has 0 bridgehead atoms. The predicted octanol–water partition coefficient (Wildman–Crippen LogP) is 3.39. The zero-order valence-electron chi connectivity index (χ0n) is 15.9. The molecule has 2 aromatic rings. The van der Waals surface area contributed by atoms with E-state index in [2.05, 4.69) is 25.6 Å². The zero-order chi connectivity index (χ0) is 20.7. The van der Waals surface area contributed by atoms with Crippen LogP contribution in [0.1, 0.15) is 28.9 Å². The van der Waals surface area contributed by atoms with Gasteiger partial charge >= 0.3 is 6.18 Å². The van der Waals surface area contributed by atoms with E-state index < -0.39 is 11.7 Å². The number of alkyl halides is 3. The third-order valence-electron chi connectivity index (χ3n) is 4.04. The Balaban J connectivity index is 1.80. The molecule has 0 saturated carbocycles. The van der Waals surface area contributed by atoms with Crippen LogP contribution in [0.2, 0.25) is 0 Å². The second kappa shape index (κ2) is 9.72. The molecule has 2 rings (SSSR count). The average molecular weight is 413 g/mol. The Kier molecular flexibility index (Phi) is 7.61. The molecule has 152 valence electrons. The number of amides is 1. The number of nitrogens with one attached hydrogen (secondary N) is 2. The van der Waals surface area contributed by atoms with E-state index in [1.165, 1.54) is 24.0 Å². The van der Waals surface area contributed by atoms with Crippen LogP contribution in [0.4, 0.5) is 19.0 Å². The van der Waals surface area contributed by atoms with Crippen molar-refractivity contribution in [1.29, 1.82) is 0 Å². The van der Waals surface area contributed by atoms with E-state index in [0.29, 0.717) is 11.6 Å². The lowest BCUT2D eigenvalue weighted by atomic mass is 10.1. The maximum atomic E-state index is 12.9. The van der Waals surface area contributed by atoms with Crippen LogP contribution in [0.15, 0.2) is 23.5 Å². The van der Waals surface area contributed by atoms with Gasteiger partial charge in [-0.3, -0.25) is 4.79 Å². The topological polar surface area (TPSA) is 79.8 Å². The van der Waals surface area contributed by atoms with Crippen molar-refractivity contribution >= 4 is 23.5 Å². The first-order valence-electron chi connectivity index (χ1n) is 8.63. The van der Waals surface area contributed by atoms with Gasteiger partial charge in [-0.2, -0.15) is 13.2 Å². The summed E-state index contributed by atoms with van der Waals surface area (Å²) in [6.45, 7) is 4.09. The number of aryl methyl sites for hydroxylation is 2. The monoisotopic (exact) mass is 413 g/mol. The number of aromatic nitrogens is 3. The van der Waals surface area contributed by atoms with Gasteiger partial charge in [0.15, 0.2) is 5.16 Å². The summed E-state index contributed by atoms with van der Waals surface area (Å²) in [5.74, 6) is -0.437. The molecule has 2 N–H and O–H groups in total. The van der Waals surface area contributed by atoms with Crippen molar-refractivity contribution in [3.8, 4) is 0 Å². The Bertz CT molecular complexity index is 806. The lowest BCUT2D eigenvalue weighted by molar-refractivity contribution is -0.137. The highest BCUT2D eigenvalue weighted by molar-refractivity contribution is 7.98. The van der Waals surface area contributed by atoms with Crippen LogP contribution in [0.5, 0.6) is 0 Å². The van der Waals surface area contributed by atoms with Crippen LogP contribution < -0.4 is 10.6 Å². The van der Waals surface area contributed by atoms with Crippen molar-refractivity contribution in [2.45, 2.75) is 38.0 Å². The fourth-order valence-corrected chi connectivity index (χ4v) is 3.10. The van der Waals surface area contributed by atoms with Gasteiger partial charge in [0.05, 0.1) is 5.56 Å². The molecule has 2 heterocycles. The van der Waals surface area contributed by atoms with E-state index in [-0.39, 0.29) is 31.2 Å². The minimum atomic E-state index is -4.48. The summed E-state index contributed by atoms with van der Waals surface area (Å²) in [5.41, 5.74) is 1.80. The highest BCUT2D eigenvalue weighted by Crippen LogP contribution is 2.33. The molecule has 1 amide bonds. The van der Waals surface area contributed by atoms with Crippen LogP contribution in [0, 0.1) is 13.8 Å². The minimum absolute atomic E-state index is 0.134. The third-order valence-corrected chi connectivity index (χ3v) is 4.59. The Labute approximate surface area is 165 Å². The van der Waals surface area contributed by atoms with Crippen molar-refractivity contribution in [1.82, 2.24) is 20.3 Å². The molecule has 6 nitrogen and oxygen atoms in total. The van der Waals surface area contributed by atoms with E-state index in [0.717, 1.165) is 23.0 Å². The maximum absolute atomic E-state index is 12.9.